The van der Waals surface area contributed by atoms with E-state index < -0.39 is 0 Å². The lowest BCUT2D eigenvalue weighted by atomic mass is 9.97. The van der Waals surface area contributed by atoms with E-state index in [1.165, 1.54) is 71.5 Å². The Hall–Kier alpha value is -7.94. The van der Waals surface area contributed by atoms with E-state index in [-0.39, 0.29) is 0 Å². The summed E-state index contributed by atoms with van der Waals surface area (Å²) in [5.41, 5.74) is 16.3. The van der Waals surface area contributed by atoms with Crippen molar-refractivity contribution in [3.63, 3.8) is 0 Å². The van der Waals surface area contributed by atoms with Crippen LogP contribution in [0.4, 0.5) is 17.1 Å². The van der Waals surface area contributed by atoms with E-state index in [9.17, 15) is 0 Å². The first kappa shape index (κ1) is 35.2. The van der Waals surface area contributed by atoms with E-state index in [0.717, 1.165) is 28.3 Å². The minimum atomic E-state index is 1.08. The number of hydrogen-bond acceptors (Lipinski definition) is 1. The number of rotatable bonds is 8. The van der Waals surface area contributed by atoms with Crippen molar-refractivity contribution in [2.75, 3.05) is 4.90 Å². The van der Waals surface area contributed by atoms with Gasteiger partial charge < -0.3 is 9.47 Å². The molecule has 0 fully saturated rings. The molecule has 0 aliphatic rings. The van der Waals surface area contributed by atoms with Gasteiger partial charge in [-0.05, 0) is 98.9 Å². The molecule has 0 spiro atoms. The normalized spacial score (nSPS) is 11.3. The van der Waals surface area contributed by atoms with Crippen LogP contribution in [-0.2, 0) is 0 Å². The van der Waals surface area contributed by atoms with E-state index in [0.29, 0.717) is 0 Å². The molecule has 0 aliphatic carbocycles. The van der Waals surface area contributed by atoms with Crippen LogP contribution in [0.25, 0.3) is 82.8 Å². The molecule has 0 N–H and O–H groups in total. The van der Waals surface area contributed by atoms with Crippen molar-refractivity contribution in [3.8, 4) is 50.2 Å². The summed E-state index contributed by atoms with van der Waals surface area (Å²) in [5.74, 6) is 0. The summed E-state index contributed by atoms with van der Waals surface area (Å²) in [6.45, 7) is 0. The smallest absolute Gasteiger partial charge is 0.0619 e. The van der Waals surface area contributed by atoms with E-state index in [1.807, 2.05) is 0 Å². The van der Waals surface area contributed by atoms with E-state index in [4.69, 9.17) is 0 Å². The Bertz CT molecular complexity index is 3220. The highest BCUT2D eigenvalue weighted by Crippen LogP contribution is 2.43. The molecule has 1 aromatic heterocycles. The van der Waals surface area contributed by atoms with E-state index in [1.54, 1.807) is 0 Å². The number of nitrogens with zero attached hydrogens (tertiary/aromatic N) is 2. The molecule has 1 heterocycles. The zero-order chi connectivity index (χ0) is 39.8. The second-order valence-electron chi connectivity index (χ2n) is 15.3. The van der Waals surface area contributed by atoms with Gasteiger partial charge in [0, 0.05) is 38.8 Å². The molecule has 10 aromatic carbocycles. The summed E-state index contributed by atoms with van der Waals surface area (Å²) >= 11 is 0. The molecule has 282 valence electrons. The maximum atomic E-state index is 2.47. The topological polar surface area (TPSA) is 8.17 Å². The van der Waals surface area contributed by atoms with Crippen LogP contribution in [0.1, 0.15) is 0 Å². The van der Waals surface area contributed by atoms with Crippen molar-refractivity contribution < 1.29 is 0 Å². The summed E-state index contributed by atoms with van der Waals surface area (Å²) in [6, 6.07) is 87.9. The van der Waals surface area contributed by atoms with Gasteiger partial charge >= 0.3 is 0 Å². The van der Waals surface area contributed by atoms with Crippen molar-refractivity contribution >= 4 is 49.6 Å². The lowest BCUT2D eigenvalue weighted by Crippen LogP contribution is -2.10. The molecule has 0 radical (unpaired) electrons. The third kappa shape index (κ3) is 6.32. The fourth-order valence-corrected chi connectivity index (χ4v) is 8.90. The molecule has 0 amide bonds. The number of anilines is 3. The maximum absolute atomic E-state index is 2.47. The Balaban J connectivity index is 1.08. The van der Waals surface area contributed by atoms with Gasteiger partial charge in [-0.25, -0.2) is 0 Å². The largest absolute Gasteiger partial charge is 0.310 e. The summed E-state index contributed by atoms with van der Waals surface area (Å²) < 4.78 is 2.47. The Kier molecular flexibility index (Phi) is 8.87. The SMILES string of the molecule is c1ccc(-c2ccc(N(c3ccc(-c4ccccc4-n4c5ccccc5c5ccc6ccccc6c54)cc3)c3cc(-c4ccccc4)cc(-c4ccccc4)c3)cc2)cc1. The van der Waals surface area contributed by atoms with Gasteiger partial charge in [-0.2, -0.15) is 0 Å². The zero-order valence-electron chi connectivity index (χ0n) is 33.0. The van der Waals surface area contributed by atoms with E-state index in [2.05, 4.69) is 252 Å². The van der Waals surface area contributed by atoms with Gasteiger partial charge in [-0.15, -0.1) is 0 Å². The van der Waals surface area contributed by atoms with Crippen molar-refractivity contribution in [2.45, 2.75) is 0 Å². The minimum absolute atomic E-state index is 1.08. The molecular formula is C58H40N2. The summed E-state index contributed by atoms with van der Waals surface area (Å²) in [5, 5.41) is 5.00. The third-order valence-electron chi connectivity index (χ3n) is 11.8. The van der Waals surface area contributed by atoms with Crippen molar-refractivity contribution in [2.24, 2.45) is 0 Å². The van der Waals surface area contributed by atoms with E-state index >= 15 is 0 Å². The highest BCUT2D eigenvalue weighted by atomic mass is 15.1. The second-order valence-corrected chi connectivity index (χ2v) is 15.3. The van der Waals surface area contributed by atoms with Crippen LogP contribution in [0.5, 0.6) is 0 Å². The lowest BCUT2D eigenvalue weighted by molar-refractivity contribution is 1.19. The highest BCUT2D eigenvalue weighted by molar-refractivity contribution is 6.19. The Morgan fingerprint density at radius 3 is 1.40 bits per heavy atom. The monoisotopic (exact) mass is 764 g/mol. The summed E-state index contributed by atoms with van der Waals surface area (Å²) in [6.07, 6.45) is 0. The maximum Gasteiger partial charge on any atom is 0.0619 e. The number of benzene rings is 10. The minimum Gasteiger partial charge on any atom is -0.310 e. The predicted molar refractivity (Wildman–Crippen MR) is 255 cm³/mol. The first-order chi connectivity index (χ1) is 29.8. The van der Waals surface area contributed by atoms with Crippen molar-refractivity contribution in [3.05, 3.63) is 243 Å². The molecule has 0 bridgehead atoms. The highest BCUT2D eigenvalue weighted by Gasteiger charge is 2.20. The Morgan fingerprint density at radius 1 is 0.283 bits per heavy atom. The van der Waals surface area contributed by atoms with Gasteiger partial charge in [0.2, 0.25) is 0 Å². The average Bonchev–Trinajstić information content (AvgIpc) is 3.68. The van der Waals surface area contributed by atoms with Crippen LogP contribution >= 0.6 is 0 Å². The standard InChI is InChI=1S/C58H40N2/c1-4-16-41(17-5-1)44-28-33-49(34-29-44)59(51-39-47(42-18-6-2-7-19-42)38-48(40-51)43-20-8-3-9-21-43)50-35-30-46(31-36-50)52-23-12-14-26-56(52)60-57-27-15-13-25-54(57)55-37-32-45-22-10-11-24-53(45)58(55)60/h1-40H. The molecule has 2 heteroatoms. The predicted octanol–water partition coefficient (Wildman–Crippen LogP) is 16.1. The number of fused-ring (bicyclic) bond motifs is 5. The van der Waals surface area contributed by atoms with Gasteiger partial charge in [-0.1, -0.05) is 188 Å². The lowest BCUT2D eigenvalue weighted by Gasteiger charge is -2.27. The van der Waals surface area contributed by atoms with Gasteiger partial charge in [0.15, 0.2) is 0 Å². The van der Waals surface area contributed by atoms with Gasteiger partial charge in [0.25, 0.3) is 0 Å². The van der Waals surface area contributed by atoms with Gasteiger partial charge in [-0.3, -0.25) is 0 Å². The molecule has 11 aromatic rings. The quantitative estimate of drug-likeness (QED) is 0.150. The van der Waals surface area contributed by atoms with Crippen LogP contribution < -0.4 is 4.90 Å². The zero-order valence-corrected chi connectivity index (χ0v) is 33.0. The number of hydrogen-bond donors (Lipinski definition) is 0. The average molecular weight is 765 g/mol. The molecule has 0 atom stereocenters. The second kappa shape index (κ2) is 15.1. The summed E-state index contributed by atoms with van der Waals surface area (Å²) in [4.78, 5) is 2.39. The first-order valence-electron chi connectivity index (χ1n) is 20.6. The van der Waals surface area contributed by atoms with Gasteiger partial charge in [0.1, 0.15) is 0 Å². The van der Waals surface area contributed by atoms with Crippen LogP contribution in [0.3, 0.4) is 0 Å². The first-order valence-corrected chi connectivity index (χ1v) is 20.6. The van der Waals surface area contributed by atoms with Crippen molar-refractivity contribution in [1.29, 1.82) is 0 Å². The molecule has 0 saturated heterocycles. The van der Waals surface area contributed by atoms with Crippen LogP contribution in [0.15, 0.2) is 243 Å². The van der Waals surface area contributed by atoms with Crippen molar-refractivity contribution in [1.82, 2.24) is 4.57 Å². The van der Waals surface area contributed by atoms with Crippen LogP contribution in [0, 0.1) is 0 Å². The molecular weight excluding hydrogens is 725 g/mol. The fraction of sp³-hybridized carbons (Fsp3) is 0. The molecule has 0 aliphatic heterocycles. The molecule has 11 rings (SSSR count). The fourth-order valence-electron chi connectivity index (χ4n) is 8.90. The third-order valence-corrected chi connectivity index (χ3v) is 11.8. The Morgan fingerprint density at radius 2 is 0.767 bits per heavy atom. The Labute approximate surface area is 350 Å². The molecule has 2 nitrogen and oxygen atoms in total. The molecule has 0 saturated carbocycles. The number of aromatic nitrogens is 1. The van der Waals surface area contributed by atoms with Crippen LogP contribution in [0.2, 0.25) is 0 Å². The molecule has 0 unspecified atom stereocenters. The van der Waals surface area contributed by atoms with Crippen LogP contribution in [-0.4, -0.2) is 4.57 Å². The van der Waals surface area contributed by atoms with Gasteiger partial charge in [0.05, 0.1) is 16.7 Å². The number of para-hydroxylation sites is 2. The summed E-state index contributed by atoms with van der Waals surface area (Å²) in [7, 11) is 0. The molecule has 60 heavy (non-hydrogen) atoms.